The fourth-order valence-electron chi connectivity index (χ4n) is 3.05. The van der Waals surface area contributed by atoms with E-state index in [1.165, 1.54) is 31.5 Å². The lowest BCUT2D eigenvalue weighted by molar-refractivity contribution is 0.289. The summed E-state index contributed by atoms with van der Waals surface area (Å²) in [5, 5.41) is 11.8. The van der Waals surface area contributed by atoms with Crippen LogP contribution >= 0.6 is 11.3 Å². The molecule has 2 fully saturated rings. The Labute approximate surface area is 144 Å². The first-order chi connectivity index (χ1) is 11.9. The van der Waals surface area contributed by atoms with Crippen molar-refractivity contribution in [1.82, 2.24) is 19.7 Å². The van der Waals surface area contributed by atoms with Crippen LogP contribution in [0.5, 0.6) is 5.75 Å². The summed E-state index contributed by atoms with van der Waals surface area (Å²) in [5.41, 5.74) is 1.03. The summed E-state index contributed by atoms with van der Waals surface area (Å²) in [6.45, 7) is 0.457. The van der Waals surface area contributed by atoms with Crippen LogP contribution in [0.2, 0.25) is 0 Å². The Morgan fingerprint density at radius 3 is 2.75 bits per heavy atom. The minimum absolute atomic E-state index is 0.457. The number of benzene rings is 1. The summed E-state index contributed by atoms with van der Waals surface area (Å²) in [6.07, 6.45) is 6.79. The van der Waals surface area contributed by atoms with Crippen LogP contribution < -0.4 is 4.74 Å². The van der Waals surface area contributed by atoms with Crippen molar-refractivity contribution in [2.24, 2.45) is 0 Å². The molecule has 0 spiro atoms. The average molecular weight is 338 g/mol. The number of rotatable bonds is 6. The van der Waals surface area contributed by atoms with Crippen molar-refractivity contribution in [2.75, 3.05) is 0 Å². The summed E-state index contributed by atoms with van der Waals surface area (Å²) in [4.78, 5) is 4.40. The molecule has 1 aromatic carbocycles. The van der Waals surface area contributed by atoms with Crippen LogP contribution in [0.4, 0.5) is 0 Å². The monoisotopic (exact) mass is 338 g/mol. The van der Waals surface area contributed by atoms with Gasteiger partial charge in [0.15, 0.2) is 5.82 Å². The first kappa shape index (κ1) is 14.2. The second-order valence-corrected chi connectivity index (χ2v) is 7.37. The molecule has 0 amide bonds. The van der Waals surface area contributed by atoms with E-state index in [1.54, 1.807) is 11.3 Å². The van der Waals surface area contributed by atoms with Crippen molar-refractivity contribution in [2.45, 2.75) is 44.2 Å². The van der Waals surface area contributed by atoms with Crippen LogP contribution in [-0.2, 0) is 6.61 Å². The zero-order valence-electron chi connectivity index (χ0n) is 13.3. The quantitative estimate of drug-likeness (QED) is 0.676. The second kappa shape index (κ2) is 5.70. The number of aromatic nitrogens is 4. The third kappa shape index (κ3) is 2.60. The molecule has 0 aliphatic heterocycles. The molecular weight excluding hydrogens is 320 g/mol. The molecule has 2 saturated carbocycles. The molecule has 3 aromatic rings. The maximum Gasteiger partial charge on any atom is 0.171 e. The van der Waals surface area contributed by atoms with Crippen LogP contribution in [0.1, 0.15) is 49.3 Å². The number of hydrogen-bond donors (Lipinski definition) is 0. The minimum atomic E-state index is 0.457. The maximum absolute atomic E-state index is 6.12. The molecule has 5 rings (SSSR count). The number of para-hydroxylation sites is 1. The van der Waals surface area contributed by atoms with Crippen LogP contribution in [0.25, 0.3) is 10.6 Å². The van der Waals surface area contributed by atoms with Gasteiger partial charge in [0.1, 0.15) is 23.2 Å². The summed E-state index contributed by atoms with van der Waals surface area (Å²) in [7, 11) is 0. The van der Waals surface area contributed by atoms with Crippen LogP contribution in [-0.4, -0.2) is 19.7 Å². The molecule has 5 nitrogen and oxygen atoms in total. The second-order valence-electron chi connectivity index (χ2n) is 6.47. The van der Waals surface area contributed by atoms with Crippen LogP contribution in [0.15, 0.2) is 35.8 Å². The molecule has 2 aliphatic rings. The number of hydrogen-bond acceptors (Lipinski definition) is 5. The van der Waals surface area contributed by atoms with Gasteiger partial charge in [-0.05, 0) is 37.8 Å². The number of ether oxygens (including phenoxy) is 1. The van der Waals surface area contributed by atoms with E-state index in [4.69, 9.17) is 4.74 Å². The van der Waals surface area contributed by atoms with Crippen molar-refractivity contribution in [3.8, 4) is 16.3 Å². The van der Waals surface area contributed by atoms with Gasteiger partial charge in [0.05, 0.1) is 5.56 Å². The van der Waals surface area contributed by atoms with Gasteiger partial charge in [-0.15, -0.1) is 21.5 Å². The van der Waals surface area contributed by atoms with Gasteiger partial charge < -0.3 is 9.30 Å². The summed E-state index contributed by atoms with van der Waals surface area (Å²) >= 11 is 1.62. The van der Waals surface area contributed by atoms with Gasteiger partial charge in [0, 0.05) is 23.5 Å². The number of nitrogens with zero attached hydrogens (tertiary/aromatic N) is 4. The molecule has 2 aromatic heterocycles. The lowest BCUT2D eigenvalue weighted by Crippen LogP contribution is -2.08. The van der Waals surface area contributed by atoms with Crippen molar-refractivity contribution in [3.63, 3.8) is 0 Å². The van der Waals surface area contributed by atoms with Crippen LogP contribution in [0.3, 0.4) is 0 Å². The van der Waals surface area contributed by atoms with Gasteiger partial charge in [-0.25, -0.2) is 4.98 Å². The Hall–Kier alpha value is -2.21. The van der Waals surface area contributed by atoms with E-state index in [-0.39, 0.29) is 0 Å². The predicted molar refractivity (Wildman–Crippen MR) is 92.2 cm³/mol. The fraction of sp³-hybridized carbons (Fsp3) is 0.389. The zero-order valence-corrected chi connectivity index (χ0v) is 14.1. The highest BCUT2D eigenvalue weighted by atomic mass is 32.1. The van der Waals surface area contributed by atoms with E-state index in [0.717, 1.165) is 22.1 Å². The summed E-state index contributed by atoms with van der Waals surface area (Å²) in [5.74, 6) is 3.60. The largest absolute Gasteiger partial charge is 0.485 e. The van der Waals surface area contributed by atoms with E-state index in [9.17, 15) is 0 Å². The molecule has 0 atom stereocenters. The van der Waals surface area contributed by atoms with E-state index >= 15 is 0 Å². The summed E-state index contributed by atoms with van der Waals surface area (Å²) < 4.78 is 8.46. The van der Waals surface area contributed by atoms with Gasteiger partial charge in [-0.2, -0.15) is 0 Å². The Morgan fingerprint density at radius 1 is 1.12 bits per heavy atom. The Balaban J connectivity index is 1.41. The molecular formula is C18H18N4OS. The molecule has 0 bridgehead atoms. The molecule has 2 aliphatic carbocycles. The smallest absolute Gasteiger partial charge is 0.171 e. The highest BCUT2D eigenvalue weighted by Crippen LogP contribution is 2.44. The molecule has 0 N–H and O–H groups in total. The highest BCUT2D eigenvalue weighted by molar-refractivity contribution is 7.13. The minimum Gasteiger partial charge on any atom is -0.485 e. The first-order valence-corrected chi connectivity index (χ1v) is 9.33. The van der Waals surface area contributed by atoms with Crippen molar-refractivity contribution < 1.29 is 4.74 Å². The van der Waals surface area contributed by atoms with Gasteiger partial charge in [0.25, 0.3) is 0 Å². The van der Waals surface area contributed by atoms with E-state index in [1.807, 2.05) is 29.8 Å². The van der Waals surface area contributed by atoms with Gasteiger partial charge >= 0.3 is 0 Å². The molecule has 6 heteroatoms. The SMILES string of the molecule is c1ccc(-c2nccs2)c(OCc2nnc(C3CC3)n2C2CC2)c1. The fourth-order valence-corrected chi connectivity index (χ4v) is 3.72. The first-order valence-electron chi connectivity index (χ1n) is 8.45. The predicted octanol–water partition coefficient (Wildman–Crippen LogP) is 4.19. The number of thiazole rings is 1. The van der Waals surface area contributed by atoms with E-state index in [2.05, 4.69) is 25.8 Å². The average Bonchev–Trinajstić information content (AvgIpc) is 3.54. The Morgan fingerprint density at radius 2 is 2.00 bits per heavy atom. The van der Waals surface area contributed by atoms with Crippen molar-refractivity contribution >= 4 is 11.3 Å². The lowest BCUT2D eigenvalue weighted by atomic mass is 10.2. The molecule has 0 unspecified atom stereocenters. The maximum atomic E-state index is 6.12. The molecule has 122 valence electrons. The van der Waals surface area contributed by atoms with Gasteiger partial charge in [-0.1, -0.05) is 12.1 Å². The third-order valence-electron chi connectivity index (χ3n) is 4.55. The molecule has 0 radical (unpaired) electrons. The molecule has 24 heavy (non-hydrogen) atoms. The van der Waals surface area contributed by atoms with Gasteiger partial charge in [0.2, 0.25) is 0 Å². The third-order valence-corrected chi connectivity index (χ3v) is 5.36. The highest BCUT2D eigenvalue weighted by Gasteiger charge is 2.36. The van der Waals surface area contributed by atoms with Crippen LogP contribution in [0, 0.1) is 0 Å². The summed E-state index contributed by atoms with van der Waals surface area (Å²) in [6, 6.07) is 8.64. The lowest BCUT2D eigenvalue weighted by Gasteiger charge is -2.12. The molecule has 2 heterocycles. The topological polar surface area (TPSA) is 52.8 Å². The van der Waals surface area contributed by atoms with Gasteiger partial charge in [-0.3, -0.25) is 0 Å². The zero-order chi connectivity index (χ0) is 15.9. The Bertz CT molecular complexity index is 850. The van der Waals surface area contributed by atoms with Crippen molar-refractivity contribution in [1.29, 1.82) is 0 Å². The van der Waals surface area contributed by atoms with E-state index < -0.39 is 0 Å². The Kier molecular flexibility index (Phi) is 3.36. The normalized spacial score (nSPS) is 17.2. The molecule has 0 saturated heterocycles. The van der Waals surface area contributed by atoms with E-state index in [0.29, 0.717) is 18.6 Å². The standard InChI is InChI=1S/C18H18N4OS/c1-2-4-15(14(3-1)18-19-9-10-24-18)23-11-16-20-21-17(12-5-6-12)22(16)13-7-8-13/h1-4,9-10,12-13H,5-8,11H2. The van der Waals surface area contributed by atoms with Crippen molar-refractivity contribution in [3.05, 3.63) is 47.5 Å².